The summed E-state index contributed by atoms with van der Waals surface area (Å²) in [5.74, 6) is 0.503. The molecule has 0 aliphatic heterocycles. The molecule has 0 amide bonds. The van der Waals surface area contributed by atoms with Crippen LogP contribution in [0.1, 0.15) is 18.4 Å². The molecule has 1 saturated carbocycles. The molecule has 0 atom stereocenters. The molecule has 1 aliphatic rings. The summed E-state index contributed by atoms with van der Waals surface area (Å²) in [4.78, 5) is 0.410. The molecule has 17 heavy (non-hydrogen) atoms. The minimum Gasteiger partial charge on any atom is -0.389 e. The van der Waals surface area contributed by atoms with Crippen molar-refractivity contribution in [2.45, 2.75) is 17.7 Å². The van der Waals surface area contributed by atoms with E-state index in [-0.39, 0.29) is 9.88 Å². The van der Waals surface area contributed by atoms with Crippen molar-refractivity contribution in [2.24, 2.45) is 11.7 Å². The molecule has 0 heterocycles. The SMILES string of the molecule is NC(=S)c1cccc(S(=O)(=O)NCC2CC2)c1. The zero-order valence-corrected chi connectivity index (χ0v) is 10.9. The number of nitrogens with two attached hydrogens (primary N) is 1. The largest absolute Gasteiger partial charge is 0.389 e. The average molecular weight is 270 g/mol. The molecule has 6 heteroatoms. The van der Waals surface area contributed by atoms with Crippen LogP contribution in [0.3, 0.4) is 0 Å². The molecule has 0 aromatic heterocycles. The zero-order chi connectivity index (χ0) is 12.5. The highest BCUT2D eigenvalue weighted by Gasteiger charge is 2.24. The van der Waals surface area contributed by atoms with Gasteiger partial charge in [0.2, 0.25) is 10.0 Å². The first-order valence-corrected chi connectivity index (χ1v) is 7.28. The van der Waals surface area contributed by atoms with Gasteiger partial charge in [0.25, 0.3) is 0 Å². The van der Waals surface area contributed by atoms with Crippen LogP contribution in [0, 0.1) is 5.92 Å². The summed E-state index contributed by atoms with van der Waals surface area (Å²) in [5, 5.41) is 0. The average Bonchev–Trinajstić information content (AvgIpc) is 3.10. The number of hydrogen-bond donors (Lipinski definition) is 2. The summed E-state index contributed by atoms with van der Waals surface area (Å²) in [6, 6.07) is 6.37. The molecule has 3 N–H and O–H groups in total. The van der Waals surface area contributed by atoms with E-state index in [2.05, 4.69) is 4.72 Å². The van der Waals surface area contributed by atoms with E-state index in [9.17, 15) is 8.42 Å². The minimum absolute atomic E-state index is 0.198. The maximum atomic E-state index is 11.9. The first kappa shape index (κ1) is 12.5. The number of sulfonamides is 1. The molecule has 1 aliphatic carbocycles. The third-order valence-electron chi connectivity index (χ3n) is 2.69. The Bertz CT molecular complexity index is 536. The van der Waals surface area contributed by atoms with Gasteiger partial charge in [-0.3, -0.25) is 0 Å². The molecular formula is C11H14N2O2S2. The Morgan fingerprint density at radius 2 is 2.18 bits per heavy atom. The molecule has 0 spiro atoms. The summed E-state index contributed by atoms with van der Waals surface area (Å²) < 4.78 is 26.5. The van der Waals surface area contributed by atoms with Crippen molar-refractivity contribution in [1.29, 1.82) is 0 Å². The van der Waals surface area contributed by atoms with E-state index in [0.29, 0.717) is 18.0 Å². The van der Waals surface area contributed by atoms with Crippen LogP contribution in [-0.2, 0) is 10.0 Å². The van der Waals surface area contributed by atoms with Crippen molar-refractivity contribution >= 4 is 27.2 Å². The van der Waals surface area contributed by atoms with Gasteiger partial charge in [0.15, 0.2) is 0 Å². The van der Waals surface area contributed by atoms with E-state index in [4.69, 9.17) is 18.0 Å². The van der Waals surface area contributed by atoms with E-state index in [1.807, 2.05) is 0 Å². The lowest BCUT2D eigenvalue weighted by Crippen LogP contribution is -2.26. The number of thiocarbonyl (C=S) groups is 1. The minimum atomic E-state index is -3.44. The second kappa shape index (κ2) is 4.72. The summed E-state index contributed by atoms with van der Waals surface area (Å²) in [7, 11) is -3.44. The quantitative estimate of drug-likeness (QED) is 0.783. The molecule has 92 valence electrons. The predicted molar refractivity (Wildman–Crippen MR) is 70.2 cm³/mol. The van der Waals surface area contributed by atoms with Crippen LogP contribution in [0.4, 0.5) is 0 Å². The summed E-state index contributed by atoms with van der Waals surface area (Å²) in [6.07, 6.45) is 2.21. The molecule has 1 aromatic carbocycles. The van der Waals surface area contributed by atoms with Gasteiger partial charge in [-0.2, -0.15) is 0 Å². The highest BCUT2D eigenvalue weighted by molar-refractivity contribution is 7.89. The molecule has 1 aromatic rings. The van der Waals surface area contributed by atoms with Gasteiger partial charge in [0, 0.05) is 12.1 Å². The van der Waals surface area contributed by atoms with Gasteiger partial charge in [-0.15, -0.1) is 0 Å². The van der Waals surface area contributed by atoms with Crippen molar-refractivity contribution < 1.29 is 8.42 Å². The standard InChI is InChI=1S/C11H14N2O2S2/c12-11(16)9-2-1-3-10(6-9)17(14,15)13-7-8-4-5-8/h1-3,6,8,13H,4-5,7H2,(H2,12,16). The molecule has 2 rings (SSSR count). The van der Waals surface area contributed by atoms with Gasteiger partial charge in [-0.25, -0.2) is 13.1 Å². The molecule has 4 nitrogen and oxygen atoms in total. The van der Waals surface area contributed by atoms with Gasteiger partial charge in [-0.1, -0.05) is 24.4 Å². The first-order valence-electron chi connectivity index (χ1n) is 5.38. The Balaban J connectivity index is 2.19. The van der Waals surface area contributed by atoms with Crippen LogP contribution in [-0.4, -0.2) is 20.0 Å². The van der Waals surface area contributed by atoms with Crippen LogP contribution in [0.15, 0.2) is 29.2 Å². The van der Waals surface area contributed by atoms with Gasteiger partial charge < -0.3 is 5.73 Å². The van der Waals surface area contributed by atoms with E-state index in [0.717, 1.165) is 12.8 Å². The predicted octanol–water partition coefficient (Wildman–Crippen LogP) is 1.01. The Kier molecular flexibility index (Phi) is 3.46. The van der Waals surface area contributed by atoms with Gasteiger partial charge in [0.05, 0.1) is 4.90 Å². The maximum absolute atomic E-state index is 11.9. The number of nitrogens with one attached hydrogen (secondary N) is 1. The molecule has 0 unspecified atom stereocenters. The topological polar surface area (TPSA) is 72.2 Å². The molecule has 0 radical (unpaired) electrons. The van der Waals surface area contributed by atoms with Crippen molar-refractivity contribution in [3.05, 3.63) is 29.8 Å². The third kappa shape index (κ3) is 3.24. The Morgan fingerprint density at radius 1 is 1.47 bits per heavy atom. The fourth-order valence-corrected chi connectivity index (χ4v) is 2.74. The van der Waals surface area contributed by atoms with Gasteiger partial charge in [-0.05, 0) is 30.9 Å². The maximum Gasteiger partial charge on any atom is 0.240 e. The van der Waals surface area contributed by atoms with Crippen molar-refractivity contribution in [1.82, 2.24) is 4.72 Å². The second-order valence-electron chi connectivity index (χ2n) is 4.19. The number of benzene rings is 1. The lowest BCUT2D eigenvalue weighted by atomic mass is 10.2. The molecular weight excluding hydrogens is 256 g/mol. The second-order valence-corrected chi connectivity index (χ2v) is 6.39. The van der Waals surface area contributed by atoms with Crippen LogP contribution < -0.4 is 10.5 Å². The van der Waals surface area contributed by atoms with Crippen molar-refractivity contribution in [3.8, 4) is 0 Å². The van der Waals surface area contributed by atoms with Crippen LogP contribution in [0.25, 0.3) is 0 Å². The van der Waals surface area contributed by atoms with E-state index in [1.54, 1.807) is 12.1 Å². The summed E-state index contributed by atoms with van der Waals surface area (Å²) in [5.41, 5.74) is 6.04. The fourth-order valence-electron chi connectivity index (χ4n) is 1.45. The van der Waals surface area contributed by atoms with Crippen LogP contribution in [0.5, 0.6) is 0 Å². The van der Waals surface area contributed by atoms with Crippen molar-refractivity contribution in [3.63, 3.8) is 0 Å². The lowest BCUT2D eigenvalue weighted by molar-refractivity contribution is 0.577. The molecule has 0 bridgehead atoms. The summed E-state index contributed by atoms with van der Waals surface area (Å²) in [6.45, 7) is 0.514. The van der Waals surface area contributed by atoms with E-state index >= 15 is 0 Å². The third-order valence-corrected chi connectivity index (χ3v) is 4.34. The number of rotatable bonds is 5. The molecule has 0 saturated heterocycles. The van der Waals surface area contributed by atoms with Gasteiger partial charge in [0.1, 0.15) is 4.99 Å². The Morgan fingerprint density at radius 3 is 2.76 bits per heavy atom. The smallest absolute Gasteiger partial charge is 0.240 e. The monoisotopic (exact) mass is 270 g/mol. The normalized spacial score (nSPS) is 15.8. The Hall–Kier alpha value is -0.980. The Labute approximate surface area is 106 Å². The first-order chi connectivity index (χ1) is 7.99. The van der Waals surface area contributed by atoms with E-state index < -0.39 is 10.0 Å². The highest BCUT2D eigenvalue weighted by atomic mass is 32.2. The molecule has 1 fully saturated rings. The van der Waals surface area contributed by atoms with Crippen molar-refractivity contribution in [2.75, 3.05) is 6.54 Å². The van der Waals surface area contributed by atoms with Gasteiger partial charge >= 0.3 is 0 Å². The summed E-state index contributed by atoms with van der Waals surface area (Å²) >= 11 is 4.82. The fraction of sp³-hybridized carbons (Fsp3) is 0.364. The number of hydrogen-bond acceptors (Lipinski definition) is 3. The van der Waals surface area contributed by atoms with E-state index in [1.165, 1.54) is 12.1 Å². The van der Waals surface area contributed by atoms with Crippen LogP contribution in [0.2, 0.25) is 0 Å². The highest BCUT2D eigenvalue weighted by Crippen LogP contribution is 2.28. The van der Waals surface area contributed by atoms with Crippen LogP contribution >= 0.6 is 12.2 Å². The zero-order valence-electron chi connectivity index (χ0n) is 9.22. The lowest BCUT2D eigenvalue weighted by Gasteiger charge is -2.07.